The number of ether oxygens (including phenoxy) is 2. The summed E-state index contributed by atoms with van der Waals surface area (Å²) >= 11 is 14.0. The van der Waals surface area contributed by atoms with Crippen molar-refractivity contribution >= 4 is 92.4 Å². The molecule has 0 aromatic carbocycles. The number of nitrogens with zero attached hydrogens (tertiary/aromatic N) is 1. The Kier molecular flexibility index (Phi) is 28.5. The molecule has 0 aliphatic heterocycles. The zero-order chi connectivity index (χ0) is 40.0. The Morgan fingerprint density at radius 3 is 1.72 bits per heavy atom. The lowest BCUT2D eigenvalue weighted by Crippen LogP contribution is -2.52. The highest BCUT2D eigenvalue weighted by Crippen LogP contribution is 2.06. The number of carboxylic acid groups (broad SMARTS) is 2. The predicted octanol–water partition coefficient (Wildman–Crippen LogP) is -2.34. The van der Waals surface area contributed by atoms with Gasteiger partial charge in [-0.15, -0.1) is 23.2 Å². The van der Waals surface area contributed by atoms with E-state index in [0.717, 1.165) is 0 Å². The number of halogens is 3. The van der Waals surface area contributed by atoms with Gasteiger partial charge >= 0.3 is 11.9 Å². The molecule has 0 spiro atoms. The van der Waals surface area contributed by atoms with Gasteiger partial charge in [-0.1, -0.05) is 15.9 Å². The normalized spacial score (nSPS) is 11.7. The van der Waals surface area contributed by atoms with Gasteiger partial charge in [-0.25, -0.2) is 4.79 Å². The van der Waals surface area contributed by atoms with Crippen LogP contribution in [-0.4, -0.2) is 163 Å². The fourth-order valence-electron chi connectivity index (χ4n) is 4.13. The van der Waals surface area contributed by atoms with Crippen LogP contribution in [0.15, 0.2) is 0 Å². The maximum atomic E-state index is 13.4. The van der Waals surface area contributed by atoms with Crippen molar-refractivity contribution in [2.24, 2.45) is 0 Å². The van der Waals surface area contributed by atoms with Crippen LogP contribution in [0.25, 0.3) is 0 Å². The SMILES string of the molecule is O=C(O)CC[C@H](NC(=O)CCC(NC(=O)COCCOCCNC(=O)CCCNC(=O)CBr)C(=O)O)C(=O)N(CCNC(=O)CCl)CCNC(=O)CCl. The third kappa shape index (κ3) is 26.6. The topological polar surface area (TPSA) is 288 Å². The van der Waals surface area contributed by atoms with Crippen LogP contribution in [0.3, 0.4) is 0 Å². The van der Waals surface area contributed by atoms with Gasteiger partial charge in [0.05, 0.1) is 25.2 Å². The highest BCUT2D eigenvalue weighted by Gasteiger charge is 2.28. The zero-order valence-corrected chi connectivity index (χ0v) is 32.2. The third-order valence-corrected chi connectivity index (χ3v) is 7.73. The van der Waals surface area contributed by atoms with Crippen LogP contribution in [-0.2, 0) is 52.6 Å². The van der Waals surface area contributed by atoms with Crippen molar-refractivity contribution in [3.05, 3.63) is 0 Å². The van der Waals surface area contributed by atoms with Gasteiger partial charge in [-0.3, -0.25) is 38.4 Å². The smallest absolute Gasteiger partial charge is 0.326 e. The largest absolute Gasteiger partial charge is 0.481 e. The molecule has 0 bridgehead atoms. The highest BCUT2D eigenvalue weighted by atomic mass is 79.9. The van der Waals surface area contributed by atoms with E-state index in [0.29, 0.717) is 13.0 Å². The summed E-state index contributed by atoms with van der Waals surface area (Å²) in [5.41, 5.74) is 0. The molecule has 0 saturated heterocycles. The maximum Gasteiger partial charge on any atom is 0.326 e. The standard InChI is InChI=1S/C30H48BrCl2N7O13/c31-16-24(43)34-7-1-2-22(41)37-10-13-52-14-15-53-19-27(46)39-21(30(50)51)3-5-23(42)38-20(4-6-28(47)48)29(49)40(11-8-35-25(44)17-32)12-9-36-26(45)18-33/h20-21H,1-19H2,(H,34,43)(H,35,44)(H,36,45)(H,37,41)(H,38,42)(H,39,46)(H,47,48)(H,50,51)/t20-,21?/m0/s1. The first-order chi connectivity index (χ1) is 25.2. The molecular formula is C30H48BrCl2N7O13. The number of amides is 7. The first kappa shape index (κ1) is 49.2. The minimum Gasteiger partial charge on any atom is -0.481 e. The van der Waals surface area contributed by atoms with Gasteiger partial charge in [0.25, 0.3) is 0 Å². The summed E-state index contributed by atoms with van der Waals surface area (Å²) in [6, 6.07) is -2.86. The lowest BCUT2D eigenvalue weighted by molar-refractivity contribution is -0.143. The molecule has 1 unspecified atom stereocenters. The van der Waals surface area contributed by atoms with Crippen LogP contribution < -0.4 is 31.9 Å². The molecule has 0 aliphatic carbocycles. The van der Waals surface area contributed by atoms with Crippen LogP contribution in [0, 0.1) is 0 Å². The van der Waals surface area contributed by atoms with Gasteiger partial charge < -0.3 is 56.5 Å². The molecule has 0 heterocycles. The van der Waals surface area contributed by atoms with Gasteiger partial charge in [0.2, 0.25) is 41.4 Å². The molecule has 53 heavy (non-hydrogen) atoms. The Morgan fingerprint density at radius 1 is 0.604 bits per heavy atom. The number of carboxylic acids is 2. The number of nitrogens with one attached hydrogen (secondary N) is 6. The monoisotopic (exact) mass is 863 g/mol. The summed E-state index contributed by atoms with van der Waals surface area (Å²) in [6.45, 7) is 0.0744. The molecule has 0 aliphatic rings. The van der Waals surface area contributed by atoms with Crippen molar-refractivity contribution in [3.63, 3.8) is 0 Å². The Hall–Kier alpha value is -3.79. The molecule has 0 aromatic rings. The van der Waals surface area contributed by atoms with Crippen molar-refractivity contribution in [1.29, 1.82) is 0 Å². The molecule has 23 heteroatoms. The summed E-state index contributed by atoms with van der Waals surface area (Å²) < 4.78 is 10.5. The second-order valence-corrected chi connectivity index (χ2v) is 12.0. The van der Waals surface area contributed by atoms with Gasteiger partial charge in [0.1, 0.15) is 30.5 Å². The number of hydrogen-bond acceptors (Lipinski definition) is 11. The molecule has 0 saturated carbocycles. The summed E-state index contributed by atoms with van der Waals surface area (Å²) in [6.07, 6.45) is -0.977. The summed E-state index contributed by atoms with van der Waals surface area (Å²) in [4.78, 5) is 109. The van der Waals surface area contributed by atoms with E-state index >= 15 is 0 Å². The minimum absolute atomic E-state index is 0.0181. The van der Waals surface area contributed by atoms with Crippen LogP contribution >= 0.6 is 39.1 Å². The second-order valence-electron chi connectivity index (χ2n) is 10.9. The van der Waals surface area contributed by atoms with E-state index in [-0.39, 0.29) is 101 Å². The Labute approximate surface area is 324 Å². The maximum absolute atomic E-state index is 13.4. The van der Waals surface area contributed by atoms with E-state index < -0.39 is 73.0 Å². The van der Waals surface area contributed by atoms with E-state index in [1.807, 2.05) is 0 Å². The van der Waals surface area contributed by atoms with Gasteiger partial charge in [-0.2, -0.15) is 0 Å². The van der Waals surface area contributed by atoms with Crippen molar-refractivity contribution in [2.75, 3.05) is 82.8 Å². The number of hydrogen-bond donors (Lipinski definition) is 8. The van der Waals surface area contributed by atoms with Crippen LogP contribution in [0.2, 0.25) is 0 Å². The van der Waals surface area contributed by atoms with Crippen LogP contribution in [0.1, 0.15) is 38.5 Å². The molecule has 0 radical (unpaired) electrons. The average molecular weight is 866 g/mol. The first-order valence-corrected chi connectivity index (χ1v) is 18.6. The van der Waals surface area contributed by atoms with Crippen LogP contribution in [0.4, 0.5) is 0 Å². The van der Waals surface area contributed by atoms with Crippen molar-refractivity contribution in [3.8, 4) is 0 Å². The fourth-order valence-corrected chi connectivity index (χ4v) is 4.52. The molecule has 2 atom stereocenters. The Morgan fingerprint density at radius 2 is 1.15 bits per heavy atom. The lowest BCUT2D eigenvalue weighted by Gasteiger charge is -2.28. The Bertz CT molecular complexity index is 1200. The first-order valence-electron chi connectivity index (χ1n) is 16.5. The Balaban J connectivity index is 4.85. The third-order valence-electron chi connectivity index (χ3n) is 6.73. The van der Waals surface area contributed by atoms with Gasteiger partial charge in [-0.05, 0) is 19.3 Å². The predicted molar refractivity (Wildman–Crippen MR) is 192 cm³/mol. The number of carbonyl (C=O) groups excluding carboxylic acids is 7. The van der Waals surface area contributed by atoms with E-state index in [2.05, 4.69) is 47.8 Å². The molecule has 7 amide bonds. The van der Waals surface area contributed by atoms with Gasteiger partial charge in [0, 0.05) is 58.5 Å². The molecule has 8 N–H and O–H groups in total. The summed E-state index contributed by atoms with van der Waals surface area (Å²) in [7, 11) is 0. The number of rotatable bonds is 31. The molecule has 20 nitrogen and oxygen atoms in total. The molecule has 302 valence electrons. The second kappa shape index (κ2) is 30.6. The van der Waals surface area contributed by atoms with E-state index in [4.69, 9.17) is 32.7 Å². The van der Waals surface area contributed by atoms with Crippen molar-refractivity contribution < 1.29 is 62.8 Å². The minimum atomic E-state index is -1.50. The number of carbonyl (C=O) groups is 9. The summed E-state index contributed by atoms with van der Waals surface area (Å²) in [5.74, 6) is -7.06. The highest BCUT2D eigenvalue weighted by molar-refractivity contribution is 9.09. The summed E-state index contributed by atoms with van der Waals surface area (Å²) in [5, 5.41) is 33.8. The van der Waals surface area contributed by atoms with Gasteiger partial charge in [0.15, 0.2) is 0 Å². The number of aliphatic carboxylic acids is 2. The van der Waals surface area contributed by atoms with E-state index in [9.17, 15) is 53.4 Å². The van der Waals surface area contributed by atoms with E-state index in [1.165, 1.54) is 4.90 Å². The molecule has 0 rings (SSSR count). The quantitative estimate of drug-likeness (QED) is 0.0268. The fraction of sp³-hybridized carbons (Fsp3) is 0.700. The van der Waals surface area contributed by atoms with Crippen molar-refractivity contribution in [1.82, 2.24) is 36.8 Å². The zero-order valence-electron chi connectivity index (χ0n) is 29.1. The van der Waals surface area contributed by atoms with Crippen molar-refractivity contribution in [2.45, 2.75) is 50.6 Å². The molecule has 0 fully saturated rings. The van der Waals surface area contributed by atoms with Crippen LogP contribution in [0.5, 0.6) is 0 Å². The molecule has 0 aromatic heterocycles. The molecular weight excluding hydrogens is 817 g/mol. The van der Waals surface area contributed by atoms with E-state index in [1.54, 1.807) is 0 Å². The number of alkyl halides is 3. The lowest BCUT2D eigenvalue weighted by atomic mass is 10.1. The average Bonchev–Trinajstić information content (AvgIpc) is 3.12.